The van der Waals surface area contributed by atoms with E-state index >= 15 is 0 Å². The van der Waals surface area contributed by atoms with E-state index in [2.05, 4.69) is 19.0 Å². The summed E-state index contributed by atoms with van der Waals surface area (Å²) in [5, 5.41) is 0. The Morgan fingerprint density at radius 2 is 2.12 bits per heavy atom. The number of rotatable bonds is 7. The van der Waals surface area contributed by atoms with E-state index in [-0.39, 0.29) is 0 Å². The summed E-state index contributed by atoms with van der Waals surface area (Å²) in [6.07, 6.45) is 0. The second-order valence-electron chi connectivity index (χ2n) is 4.16. The van der Waals surface area contributed by atoms with Crippen molar-refractivity contribution < 1.29 is 4.74 Å². The molecule has 0 amide bonds. The van der Waals surface area contributed by atoms with Gasteiger partial charge in [-0.05, 0) is 39.2 Å². The summed E-state index contributed by atoms with van der Waals surface area (Å²) in [5.41, 5.74) is 7.80. The Morgan fingerprint density at radius 1 is 1.35 bits per heavy atom. The van der Waals surface area contributed by atoms with Crippen molar-refractivity contribution in [2.75, 3.05) is 38.7 Å². The van der Waals surface area contributed by atoms with Crippen molar-refractivity contribution in [3.8, 4) is 5.75 Å². The fourth-order valence-corrected chi connectivity index (χ4v) is 2.52. The molecule has 0 saturated carbocycles. The van der Waals surface area contributed by atoms with Crippen LogP contribution >= 0.6 is 11.8 Å². The van der Waals surface area contributed by atoms with Crippen molar-refractivity contribution in [2.24, 2.45) is 0 Å². The molecule has 0 bridgehead atoms. The molecule has 0 saturated heterocycles. The minimum atomic E-state index is 0.694. The monoisotopic (exact) mass is 254 g/mol. The van der Waals surface area contributed by atoms with Gasteiger partial charge in [-0.25, -0.2) is 0 Å². The van der Waals surface area contributed by atoms with Crippen molar-refractivity contribution in [3.05, 3.63) is 23.8 Å². The van der Waals surface area contributed by atoms with Crippen LogP contribution in [0.2, 0.25) is 0 Å². The molecule has 96 valence electrons. The van der Waals surface area contributed by atoms with Crippen molar-refractivity contribution in [1.82, 2.24) is 4.90 Å². The van der Waals surface area contributed by atoms with Gasteiger partial charge in [0.25, 0.3) is 0 Å². The summed E-state index contributed by atoms with van der Waals surface area (Å²) in [6, 6.07) is 5.85. The number of nitrogens with two attached hydrogens (primary N) is 1. The van der Waals surface area contributed by atoms with Crippen molar-refractivity contribution in [3.63, 3.8) is 0 Å². The van der Waals surface area contributed by atoms with Gasteiger partial charge in [-0.3, -0.25) is 0 Å². The van der Waals surface area contributed by atoms with E-state index in [0.717, 1.165) is 29.5 Å². The molecular weight excluding hydrogens is 232 g/mol. The van der Waals surface area contributed by atoms with Crippen LogP contribution in [0.4, 0.5) is 5.69 Å². The Kier molecular flexibility index (Phi) is 6.22. The third-order valence-electron chi connectivity index (χ3n) is 2.32. The van der Waals surface area contributed by atoms with E-state index in [4.69, 9.17) is 10.5 Å². The summed E-state index contributed by atoms with van der Waals surface area (Å²) in [5.74, 6) is 3.03. The number of nitrogen functional groups attached to an aromatic ring is 1. The molecular formula is C13H22N2OS. The van der Waals surface area contributed by atoms with Gasteiger partial charge >= 0.3 is 0 Å². The summed E-state index contributed by atoms with van der Waals surface area (Å²) in [7, 11) is 4.18. The molecule has 0 unspecified atom stereocenters. The van der Waals surface area contributed by atoms with E-state index in [0.29, 0.717) is 6.61 Å². The molecule has 0 fully saturated rings. The predicted molar refractivity (Wildman–Crippen MR) is 76.7 cm³/mol. The molecule has 3 nitrogen and oxygen atoms in total. The summed E-state index contributed by atoms with van der Waals surface area (Å²) < 4.78 is 5.59. The highest BCUT2D eigenvalue weighted by molar-refractivity contribution is 7.98. The van der Waals surface area contributed by atoms with E-state index < -0.39 is 0 Å². The standard InChI is InChI=1S/C13H22N2OS/c1-4-16-13-6-5-12(14)9-11(13)10-17-8-7-15(2)3/h5-6,9H,4,7-8,10,14H2,1-3H3. The van der Waals surface area contributed by atoms with Gasteiger partial charge in [-0.2, -0.15) is 11.8 Å². The molecule has 2 N–H and O–H groups in total. The zero-order valence-electron chi connectivity index (χ0n) is 10.9. The average molecular weight is 254 g/mol. The molecule has 4 heteroatoms. The number of anilines is 1. The highest BCUT2D eigenvalue weighted by atomic mass is 32.2. The van der Waals surface area contributed by atoms with Crippen LogP contribution in [0.15, 0.2) is 18.2 Å². The Labute approximate surface area is 108 Å². The second kappa shape index (κ2) is 7.45. The quantitative estimate of drug-likeness (QED) is 0.599. The SMILES string of the molecule is CCOc1ccc(N)cc1CSCCN(C)C. The van der Waals surface area contributed by atoms with Crippen LogP contribution < -0.4 is 10.5 Å². The van der Waals surface area contributed by atoms with E-state index in [1.165, 1.54) is 5.56 Å². The third-order valence-corrected chi connectivity index (χ3v) is 3.31. The van der Waals surface area contributed by atoms with Crippen LogP contribution in [0.5, 0.6) is 5.75 Å². The van der Waals surface area contributed by atoms with Gasteiger partial charge in [0.05, 0.1) is 6.61 Å². The number of benzene rings is 1. The highest BCUT2D eigenvalue weighted by Gasteiger charge is 2.04. The number of thioether (sulfide) groups is 1. The lowest BCUT2D eigenvalue weighted by molar-refractivity contribution is 0.337. The van der Waals surface area contributed by atoms with Crippen molar-refractivity contribution >= 4 is 17.4 Å². The molecule has 0 aliphatic rings. The molecule has 1 rings (SSSR count). The topological polar surface area (TPSA) is 38.5 Å². The Hall–Kier alpha value is -0.870. The van der Waals surface area contributed by atoms with Crippen LogP contribution in [-0.2, 0) is 5.75 Å². The maximum atomic E-state index is 5.80. The lowest BCUT2D eigenvalue weighted by atomic mass is 10.2. The smallest absolute Gasteiger partial charge is 0.123 e. The second-order valence-corrected chi connectivity index (χ2v) is 5.26. The van der Waals surface area contributed by atoms with Crippen LogP contribution in [0, 0.1) is 0 Å². The molecule has 0 atom stereocenters. The minimum Gasteiger partial charge on any atom is -0.494 e. The zero-order chi connectivity index (χ0) is 12.7. The number of ether oxygens (including phenoxy) is 1. The summed E-state index contributed by atoms with van der Waals surface area (Å²) in [6.45, 7) is 3.79. The van der Waals surface area contributed by atoms with Crippen molar-refractivity contribution in [1.29, 1.82) is 0 Å². The average Bonchev–Trinajstić information content (AvgIpc) is 2.28. The van der Waals surface area contributed by atoms with Gasteiger partial charge in [-0.15, -0.1) is 0 Å². The number of nitrogens with zero attached hydrogens (tertiary/aromatic N) is 1. The van der Waals surface area contributed by atoms with Crippen LogP contribution in [0.3, 0.4) is 0 Å². The number of hydrogen-bond acceptors (Lipinski definition) is 4. The first-order valence-corrected chi connectivity index (χ1v) is 7.02. The first-order valence-electron chi connectivity index (χ1n) is 5.87. The summed E-state index contributed by atoms with van der Waals surface area (Å²) >= 11 is 1.91. The fraction of sp³-hybridized carbons (Fsp3) is 0.538. The van der Waals surface area contributed by atoms with Gasteiger partial charge in [-0.1, -0.05) is 0 Å². The minimum absolute atomic E-state index is 0.694. The Morgan fingerprint density at radius 3 is 2.76 bits per heavy atom. The predicted octanol–water partition coefficient (Wildman–Crippen LogP) is 2.46. The molecule has 0 aliphatic carbocycles. The molecule has 17 heavy (non-hydrogen) atoms. The van der Waals surface area contributed by atoms with E-state index in [1.807, 2.05) is 36.9 Å². The lowest BCUT2D eigenvalue weighted by Crippen LogP contribution is -2.14. The van der Waals surface area contributed by atoms with Gasteiger partial charge in [0.2, 0.25) is 0 Å². The Balaban J connectivity index is 2.52. The van der Waals surface area contributed by atoms with E-state index in [9.17, 15) is 0 Å². The molecule has 0 spiro atoms. The lowest BCUT2D eigenvalue weighted by Gasteiger charge is -2.12. The summed E-state index contributed by atoms with van der Waals surface area (Å²) in [4.78, 5) is 2.19. The first kappa shape index (κ1) is 14.2. The maximum absolute atomic E-state index is 5.80. The highest BCUT2D eigenvalue weighted by Crippen LogP contribution is 2.25. The van der Waals surface area contributed by atoms with Crippen LogP contribution in [0.1, 0.15) is 12.5 Å². The van der Waals surface area contributed by atoms with Crippen molar-refractivity contribution in [2.45, 2.75) is 12.7 Å². The molecule has 1 aromatic carbocycles. The van der Waals surface area contributed by atoms with Crippen LogP contribution in [-0.4, -0.2) is 37.9 Å². The zero-order valence-corrected chi connectivity index (χ0v) is 11.7. The third kappa shape index (κ3) is 5.33. The first-order chi connectivity index (χ1) is 8.13. The molecule has 0 aliphatic heterocycles. The van der Waals surface area contributed by atoms with Gasteiger partial charge in [0, 0.05) is 29.3 Å². The van der Waals surface area contributed by atoms with Crippen LogP contribution in [0.25, 0.3) is 0 Å². The molecule has 0 heterocycles. The molecule has 0 aromatic heterocycles. The van der Waals surface area contributed by atoms with Gasteiger partial charge in [0.15, 0.2) is 0 Å². The number of hydrogen-bond donors (Lipinski definition) is 1. The van der Waals surface area contributed by atoms with E-state index in [1.54, 1.807) is 0 Å². The molecule has 1 aromatic rings. The normalized spacial score (nSPS) is 10.8. The fourth-order valence-electron chi connectivity index (χ4n) is 1.44. The van der Waals surface area contributed by atoms with Gasteiger partial charge < -0.3 is 15.4 Å². The molecule has 0 radical (unpaired) electrons. The van der Waals surface area contributed by atoms with Gasteiger partial charge in [0.1, 0.15) is 5.75 Å². The largest absolute Gasteiger partial charge is 0.494 e. The Bertz CT molecular complexity index is 342. The maximum Gasteiger partial charge on any atom is 0.123 e.